The highest BCUT2D eigenvalue weighted by molar-refractivity contribution is 5.42. The van der Waals surface area contributed by atoms with E-state index in [4.69, 9.17) is 0 Å². The second-order valence-electron chi connectivity index (χ2n) is 5.45. The molecule has 0 saturated heterocycles. The van der Waals surface area contributed by atoms with Crippen LogP contribution < -0.4 is 15.6 Å². The van der Waals surface area contributed by atoms with E-state index in [1.165, 1.54) is 41.9 Å². The van der Waals surface area contributed by atoms with E-state index >= 15 is 0 Å². The molecule has 0 aliphatic heterocycles. The van der Waals surface area contributed by atoms with Crippen LogP contribution in [0.5, 0.6) is 5.75 Å². The van der Waals surface area contributed by atoms with Crippen LogP contribution >= 0.6 is 0 Å². The van der Waals surface area contributed by atoms with Crippen molar-refractivity contribution in [3.63, 3.8) is 0 Å². The van der Waals surface area contributed by atoms with E-state index in [0.29, 0.717) is 11.7 Å². The van der Waals surface area contributed by atoms with Gasteiger partial charge in [0, 0.05) is 12.2 Å². The minimum Gasteiger partial charge on any atom is -0.429 e. The van der Waals surface area contributed by atoms with Gasteiger partial charge in [-0.3, -0.25) is 9.36 Å². The zero-order valence-electron chi connectivity index (χ0n) is 12.4. The molecule has 3 rings (SSSR count). The van der Waals surface area contributed by atoms with Gasteiger partial charge < -0.3 is 10.1 Å². The maximum Gasteiger partial charge on any atom is 0.387 e. The van der Waals surface area contributed by atoms with Crippen LogP contribution in [0.2, 0.25) is 0 Å². The molecule has 7 heteroatoms. The molecule has 2 aromatic rings. The lowest BCUT2D eigenvalue weighted by atomic mass is 10.2. The number of anilines is 1. The third kappa shape index (κ3) is 3.67. The molecule has 0 bridgehead atoms. The summed E-state index contributed by atoms with van der Waals surface area (Å²) < 4.78 is 30.0. The van der Waals surface area contributed by atoms with Gasteiger partial charge in [0.05, 0.1) is 11.9 Å². The summed E-state index contributed by atoms with van der Waals surface area (Å²) in [6, 6.07) is 6.63. The first-order valence-electron chi connectivity index (χ1n) is 7.53. The molecule has 0 spiro atoms. The van der Waals surface area contributed by atoms with Crippen LogP contribution in [0.1, 0.15) is 25.7 Å². The third-order valence-corrected chi connectivity index (χ3v) is 3.86. The van der Waals surface area contributed by atoms with Gasteiger partial charge in [0.1, 0.15) is 5.82 Å². The van der Waals surface area contributed by atoms with E-state index in [9.17, 15) is 13.6 Å². The van der Waals surface area contributed by atoms with Gasteiger partial charge in [0.25, 0.3) is 5.56 Å². The SMILES string of the molecule is O=c1c(OC(F)F)cccn1-c1ccc(NC2CCCC2)nc1. The van der Waals surface area contributed by atoms with Crippen LogP contribution in [0.4, 0.5) is 14.6 Å². The molecule has 0 atom stereocenters. The van der Waals surface area contributed by atoms with E-state index in [1.807, 2.05) is 0 Å². The lowest BCUT2D eigenvalue weighted by Gasteiger charge is -2.13. The van der Waals surface area contributed by atoms with Crippen molar-refractivity contribution in [3.8, 4) is 11.4 Å². The highest BCUT2D eigenvalue weighted by atomic mass is 19.3. The van der Waals surface area contributed by atoms with Crippen LogP contribution in [0.3, 0.4) is 0 Å². The lowest BCUT2D eigenvalue weighted by molar-refractivity contribution is -0.0509. The number of rotatable bonds is 5. The smallest absolute Gasteiger partial charge is 0.387 e. The van der Waals surface area contributed by atoms with Crippen molar-refractivity contribution < 1.29 is 13.5 Å². The summed E-state index contributed by atoms with van der Waals surface area (Å²) in [6.45, 7) is -3.03. The number of alkyl halides is 2. The molecule has 1 aliphatic rings. The Bertz CT molecular complexity index is 710. The van der Waals surface area contributed by atoms with Crippen LogP contribution in [0, 0.1) is 0 Å². The fourth-order valence-corrected chi connectivity index (χ4v) is 2.76. The first-order chi connectivity index (χ1) is 11.1. The maximum absolute atomic E-state index is 12.3. The quantitative estimate of drug-likeness (QED) is 0.919. The molecule has 1 fully saturated rings. The van der Waals surface area contributed by atoms with E-state index in [0.717, 1.165) is 18.7 Å². The van der Waals surface area contributed by atoms with Gasteiger partial charge in [0.2, 0.25) is 0 Å². The first kappa shape index (κ1) is 15.5. The predicted octanol–water partition coefficient (Wildman–Crippen LogP) is 3.19. The number of hydrogen-bond donors (Lipinski definition) is 1. The molecule has 5 nitrogen and oxygen atoms in total. The summed E-state index contributed by atoms with van der Waals surface area (Å²) in [4.78, 5) is 16.4. The summed E-state index contributed by atoms with van der Waals surface area (Å²) >= 11 is 0. The van der Waals surface area contributed by atoms with Gasteiger partial charge in [-0.25, -0.2) is 4.98 Å². The van der Waals surface area contributed by atoms with Gasteiger partial charge in [-0.15, -0.1) is 0 Å². The summed E-state index contributed by atoms with van der Waals surface area (Å²) in [5.41, 5.74) is -0.155. The molecular weight excluding hydrogens is 304 g/mol. The van der Waals surface area contributed by atoms with Crippen molar-refractivity contribution in [2.75, 3.05) is 5.32 Å². The molecule has 1 N–H and O–H groups in total. The summed E-state index contributed by atoms with van der Waals surface area (Å²) in [7, 11) is 0. The molecule has 0 amide bonds. The lowest BCUT2D eigenvalue weighted by Crippen LogP contribution is -2.21. The van der Waals surface area contributed by atoms with Crippen LogP contribution in [0.25, 0.3) is 5.69 Å². The Morgan fingerprint density at radius 2 is 2.04 bits per heavy atom. The van der Waals surface area contributed by atoms with Gasteiger partial charge in [0.15, 0.2) is 5.75 Å². The Morgan fingerprint density at radius 1 is 1.26 bits per heavy atom. The normalized spacial score (nSPS) is 15.1. The summed E-state index contributed by atoms with van der Waals surface area (Å²) in [6.07, 6.45) is 7.74. The van der Waals surface area contributed by atoms with Crippen molar-refractivity contribution in [1.82, 2.24) is 9.55 Å². The molecule has 0 unspecified atom stereocenters. The van der Waals surface area contributed by atoms with E-state index in [2.05, 4.69) is 15.0 Å². The monoisotopic (exact) mass is 321 g/mol. The Labute approximate surface area is 131 Å². The van der Waals surface area contributed by atoms with E-state index in [-0.39, 0.29) is 0 Å². The Hall–Kier alpha value is -2.44. The molecule has 1 aliphatic carbocycles. The molecular formula is C16H17F2N3O2. The molecule has 2 heterocycles. The fourth-order valence-electron chi connectivity index (χ4n) is 2.76. The number of nitrogens with zero attached hydrogens (tertiary/aromatic N) is 2. The van der Waals surface area contributed by atoms with Gasteiger partial charge in [-0.1, -0.05) is 12.8 Å². The van der Waals surface area contributed by atoms with Crippen LogP contribution in [-0.4, -0.2) is 22.2 Å². The Kier molecular flexibility index (Phi) is 4.55. The molecule has 0 aromatic carbocycles. The number of pyridine rings is 2. The molecule has 23 heavy (non-hydrogen) atoms. The van der Waals surface area contributed by atoms with Crippen molar-refractivity contribution in [1.29, 1.82) is 0 Å². The number of ether oxygens (including phenoxy) is 1. The second-order valence-corrected chi connectivity index (χ2v) is 5.45. The Morgan fingerprint density at radius 3 is 2.70 bits per heavy atom. The topological polar surface area (TPSA) is 56.1 Å². The van der Waals surface area contributed by atoms with Crippen LogP contribution in [-0.2, 0) is 0 Å². The third-order valence-electron chi connectivity index (χ3n) is 3.86. The van der Waals surface area contributed by atoms with Gasteiger partial charge >= 0.3 is 6.61 Å². The largest absolute Gasteiger partial charge is 0.429 e. The van der Waals surface area contributed by atoms with Crippen molar-refractivity contribution >= 4 is 5.82 Å². The highest BCUT2D eigenvalue weighted by Crippen LogP contribution is 2.21. The van der Waals surface area contributed by atoms with E-state index in [1.54, 1.807) is 12.1 Å². The van der Waals surface area contributed by atoms with Gasteiger partial charge in [-0.05, 0) is 37.1 Å². The Balaban J connectivity index is 1.80. The zero-order chi connectivity index (χ0) is 16.2. The minimum atomic E-state index is -3.03. The zero-order valence-corrected chi connectivity index (χ0v) is 12.4. The maximum atomic E-state index is 12.3. The number of hydrogen-bond acceptors (Lipinski definition) is 4. The summed E-state index contributed by atoms with van der Waals surface area (Å²) in [5, 5.41) is 3.35. The molecule has 2 aromatic heterocycles. The molecule has 122 valence electrons. The average Bonchev–Trinajstić information content (AvgIpc) is 3.03. The first-order valence-corrected chi connectivity index (χ1v) is 7.53. The van der Waals surface area contributed by atoms with Crippen molar-refractivity contribution in [3.05, 3.63) is 47.0 Å². The van der Waals surface area contributed by atoms with Gasteiger partial charge in [-0.2, -0.15) is 8.78 Å². The highest BCUT2D eigenvalue weighted by Gasteiger charge is 2.15. The molecule has 1 saturated carbocycles. The second kappa shape index (κ2) is 6.76. The summed E-state index contributed by atoms with van der Waals surface area (Å²) in [5.74, 6) is 0.351. The molecule has 0 radical (unpaired) electrons. The minimum absolute atomic E-state index is 0.393. The van der Waals surface area contributed by atoms with E-state index < -0.39 is 17.9 Å². The number of nitrogens with one attached hydrogen (secondary N) is 1. The average molecular weight is 321 g/mol. The number of halogens is 2. The van der Waals surface area contributed by atoms with Crippen molar-refractivity contribution in [2.45, 2.75) is 38.3 Å². The fraction of sp³-hybridized carbons (Fsp3) is 0.375. The standard InChI is InChI=1S/C16H17F2N3O2/c17-16(18)23-13-6-3-9-21(15(13)22)12-7-8-14(19-10-12)20-11-4-1-2-5-11/h3,6-11,16H,1-2,4-5H2,(H,19,20). The van der Waals surface area contributed by atoms with Crippen LogP contribution in [0.15, 0.2) is 41.5 Å². The van der Waals surface area contributed by atoms with Crippen molar-refractivity contribution in [2.24, 2.45) is 0 Å². The predicted molar refractivity (Wildman–Crippen MR) is 82.3 cm³/mol. The number of aromatic nitrogens is 2.